The fourth-order valence-corrected chi connectivity index (χ4v) is 2.74. The van der Waals surface area contributed by atoms with Gasteiger partial charge in [-0.05, 0) is 65.2 Å². The molecule has 0 saturated carbocycles. The van der Waals surface area contributed by atoms with Gasteiger partial charge < -0.3 is 19.0 Å². The summed E-state index contributed by atoms with van der Waals surface area (Å²) in [6.45, 7) is 21.9. The van der Waals surface area contributed by atoms with E-state index in [2.05, 4.69) is 4.84 Å². The minimum Gasteiger partial charge on any atom is -0.426 e. The molecule has 1 aromatic rings. The molecule has 0 aliphatic heterocycles. The summed E-state index contributed by atoms with van der Waals surface area (Å²) in [6, 6.07) is 7.40. The van der Waals surface area contributed by atoms with Gasteiger partial charge in [-0.2, -0.15) is 0 Å². The summed E-state index contributed by atoms with van der Waals surface area (Å²) >= 11 is 0. The van der Waals surface area contributed by atoms with E-state index in [0.29, 0.717) is 30.4 Å². The molecule has 2 amide bonds. The summed E-state index contributed by atoms with van der Waals surface area (Å²) < 4.78 is 16.3. The van der Waals surface area contributed by atoms with Crippen LogP contribution < -0.4 is 4.74 Å². The van der Waals surface area contributed by atoms with Crippen molar-refractivity contribution in [2.45, 2.75) is 108 Å². The highest BCUT2D eigenvalue weighted by atomic mass is 16.7. The van der Waals surface area contributed by atoms with Crippen LogP contribution in [0.1, 0.15) is 101 Å². The van der Waals surface area contributed by atoms with Crippen LogP contribution in [0, 0.1) is 5.41 Å². The Kier molecular flexibility index (Phi) is 23.2. The van der Waals surface area contributed by atoms with Gasteiger partial charge in [0.25, 0.3) is 11.8 Å². The normalized spacial score (nSPS) is 10.2. The lowest BCUT2D eigenvalue weighted by molar-refractivity contribution is -0.192. The second kappa shape index (κ2) is 22.2. The summed E-state index contributed by atoms with van der Waals surface area (Å²) in [4.78, 5) is 47.6. The first kappa shape index (κ1) is 39.7. The molecule has 0 heterocycles. The molecule has 0 N–H and O–H groups in total. The Hall–Kier alpha value is -2.78. The number of benzene rings is 1. The molecule has 0 radical (unpaired) electrons. The van der Waals surface area contributed by atoms with Gasteiger partial charge in [0.15, 0.2) is 0 Å². The van der Waals surface area contributed by atoms with E-state index < -0.39 is 17.2 Å². The highest BCUT2D eigenvalue weighted by molar-refractivity contribution is 5.93. The lowest BCUT2D eigenvalue weighted by Gasteiger charge is -2.29. The van der Waals surface area contributed by atoms with E-state index in [1.807, 2.05) is 74.4 Å². The van der Waals surface area contributed by atoms with Gasteiger partial charge in [-0.15, -0.1) is 5.06 Å². The number of imide groups is 1. The minimum absolute atomic E-state index is 0.0367. The number of ether oxygens (including phenoxy) is 3. The Labute approximate surface area is 230 Å². The predicted octanol–water partition coefficient (Wildman–Crippen LogP) is 6.27. The van der Waals surface area contributed by atoms with E-state index in [-0.39, 0.29) is 24.5 Å². The number of carbonyl (C=O) groups excluding carboxylic acids is 4. The van der Waals surface area contributed by atoms with Crippen molar-refractivity contribution in [3.05, 3.63) is 29.8 Å². The molecule has 1 rings (SSSR count). The lowest BCUT2D eigenvalue weighted by Crippen LogP contribution is -2.34. The number of hydrogen-bond donors (Lipinski definition) is 0. The van der Waals surface area contributed by atoms with Crippen molar-refractivity contribution < 1.29 is 38.2 Å². The molecule has 0 aliphatic rings. The topological polar surface area (TPSA) is 108 Å². The van der Waals surface area contributed by atoms with Crippen LogP contribution >= 0.6 is 0 Å². The van der Waals surface area contributed by atoms with E-state index in [4.69, 9.17) is 14.2 Å². The molecule has 38 heavy (non-hydrogen) atoms. The molecule has 0 aliphatic carbocycles. The first-order valence-electron chi connectivity index (χ1n) is 13.2. The third-order valence-corrected chi connectivity index (χ3v) is 4.85. The zero-order valence-electron chi connectivity index (χ0n) is 25.6. The predicted molar refractivity (Wildman–Crippen MR) is 149 cm³/mol. The second-order valence-electron chi connectivity index (χ2n) is 8.81. The fraction of sp³-hybridized carbons (Fsp3) is 0.655. The molecule has 0 unspecified atom stereocenters. The van der Waals surface area contributed by atoms with Gasteiger partial charge in [-0.3, -0.25) is 19.2 Å². The maximum Gasteiger partial charge on any atom is 0.321 e. The van der Waals surface area contributed by atoms with Gasteiger partial charge in [0.2, 0.25) is 0 Å². The number of methoxy groups -OCH3 is 1. The first-order chi connectivity index (χ1) is 17.8. The summed E-state index contributed by atoms with van der Waals surface area (Å²) in [5, 5.41) is 0.424. The molecular weight excluding hydrogens is 490 g/mol. The number of amides is 2. The number of hydrogen-bond acceptors (Lipinski definition) is 8. The molecule has 9 nitrogen and oxygen atoms in total. The number of hydroxylamine groups is 2. The monoisotopic (exact) mass is 541 g/mol. The molecule has 0 fully saturated rings. The third-order valence-electron chi connectivity index (χ3n) is 4.85. The summed E-state index contributed by atoms with van der Waals surface area (Å²) in [6.07, 6.45) is 1.63. The Morgan fingerprint density at radius 3 is 1.84 bits per heavy atom. The average Bonchev–Trinajstić information content (AvgIpc) is 2.89. The number of carbonyl (C=O) groups is 4. The molecule has 0 spiro atoms. The second-order valence-corrected chi connectivity index (χ2v) is 8.81. The molecule has 220 valence electrons. The van der Waals surface area contributed by atoms with Crippen LogP contribution in [0.4, 0.5) is 0 Å². The molecule has 1 aromatic carbocycles. The van der Waals surface area contributed by atoms with E-state index in [1.165, 1.54) is 0 Å². The van der Waals surface area contributed by atoms with Crippen molar-refractivity contribution in [2.24, 2.45) is 5.41 Å². The Balaban J connectivity index is -0.000000686. The average molecular weight is 542 g/mol. The first-order valence-corrected chi connectivity index (χ1v) is 13.2. The standard InChI is InChI=1S/C19H30O4.C6H9NO4.2C2H6/c1-7-22-19(4,5)13-12-18(2,3)17(20)23-16-10-8-15(9-11-16)14-21-6;1-3-6(10)7(5(2)9)11-4-8;2*1-2/h8-11H,7,12-14H2,1-6H3;4H,3H2,1-2H3;2*1-2H3. The molecule has 9 heteroatoms. The van der Waals surface area contributed by atoms with Gasteiger partial charge in [-0.1, -0.05) is 46.8 Å². The van der Waals surface area contributed by atoms with Crippen molar-refractivity contribution in [3.8, 4) is 5.75 Å². The zero-order chi connectivity index (χ0) is 30.4. The van der Waals surface area contributed by atoms with Gasteiger partial charge in [0, 0.05) is 27.1 Å². The van der Waals surface area contributed by atoms with E-state index in [1.54, 1.807) is 26.2 Å². The maximum absolute atomic E-state index is 12.4. The van der Waals surface area contributed by atoms with Gasteiger partial charge in [0.05, 0.1) is 17.6 Å². The summed E-state index contributed by atoms with van der Waals surface area (Å²) in [7, 11) is 1.65. The molecule has 0 atom stereocenters. The van der Waals surface area contributed by atoms with E-state index in [0.717, 1.165) is 18.9 Å². The molecular formula is C29H51NO8. The van der Waals surface area contributed by atoms with Crippen LogP contribution in [0.5, 0.6) is 5.75 Å². The zero-order valence-corrected chi connectivity index (χ0v) is 25.6. The van der Waals surface area contributed by atoms with Crippen LogP contribution in [-0.4, -0.2) is 48.6 Å². The van der Waals surface area contributed by atoms with Crippen molar-refractivity contribution in [1.29, 1.82) is 0 Å². The van der Waals surface area contributed by atoms with Crippen molar-refractivity contribution in [1.82, 2.24) is 5.06 Å². The highest BCUT2D eigenvalue weighted by Gasteiger charge is 2.32. The number of nitrogens with zero attached hydrogens (tertiary/aromatic N) is 1. The largest absolute Gasteiger partial charge is 0.426 e. The quantitative estimate of drug-likeness (QED) is 0.132. The third kappa shape index (κ3) is 17.6. The smallest absolute Gasteiger partial charge is 0.321 e. The van der Waals surface area contributed by atoms with E-state index in [9.17, 15) is 19.2 Å². The Morgan fingerprint density at radius 2 is 1.45 bits per heavy atom. The van der Waals surface area contributed by atoms with Gasteiger partial charge in [0.1, 0.15) is 5.75 Å². The summed E-state index contributed by atoms with van der Waals surface area (Å²) in [5.74, 6) is -0.801. The van der Waals surface area contributed by atoms with Crippen LogP contribution in [-0.2, 0) is 40.1 Å². The fourth-order valence-electron chi connectivity index (χ4n) is 2.74. The Bertz CT molecular complexity index is 788. The minimum atomic E-state index is -0.607. The van der Waals surface area contributed by atoms with Crippen molar-refractivity contribution >= 4 is 24.3 Å². The lowest BCUT2D eigenvalue weighted by atomic mass is 9.84. The van der Waals surface area contributed by atoms with E-state index >= 15 is 0 Å². The SMILES string of the molecule is CC.CC.CCC(=O)N(OC=O)C(C)=O.CCOC(C)(C)CCC(C)(C)C(=O)Oc1ccc(COC)cc1. The Morgan fingerprint density at radius 1 is 0.921 bits per heavy atom. The van der Waals surface area contributed by atoms with Crippen molar-refractivity contribution in [2.75, 3.05) is 13.7 Å². The van der Waals surface area contributed by atoms with Crippen molar-refractivity contribution in [3.63, 3.8) is 0 Å². The number of rotatable bonds is 12. The van der Waals surface area contributed by atoms with Crippen LogP contribution in [0.2, 0.25) is 0 Å². The van der Waals surface area contributed by atoms with Gasteiger partial charge >= 0.3 is 12.4 Å². The molecule has 0 saturated heterocycles. The van der Waals surface area contributed by atoms with Crippen LogP contribution in [0.3, 0.4) is 0 Å². The maximum atomic E-state index is 12.4. The van der Waals surface area contributed by atoms with Crippen LogP contribution in [0.25, 0.3) is 0 Å². The van der Waals surface area contributed by atoms with Crippen LogP contribution in [0.15, 0.2) is 24.3 Å². The molecule has 0 bridgehead atoms. The molecule has 0 aromatic heterocycles. The highest BCUT2D eigenvalue weighted by Crippen LogP contribution is 2.30. The van der Waals surface area contributed by atoms with Gasteiger partial charge in [-0.25, -0.2) is 0 Å². The number of esters is 1. The summed E-state index contributed by atoms with van der Waals surface area (Å²) in [5.41, 5.74) is 0.262.